The fourth-order valence-electron chi connectivity index (χ4n) is 11.7. The fraction of sp³-hybridized carbons (Fsp3) is 0.583. The van der Waals surface area contributed by atoms with Gasteiger partial charge in [0.1, 0.15) is 23.2 Å². The molecule has 4 aliphatic heterocycles. The molecule has 64 heavy (non-hydrogen) atoms. The van der Waals surface area contributed by atoms with Crippen LogP contribution in [0.25, 0.3) is 33.4 Å². The van der Waals surface area contributed by atoms with Crippen molar-refractivity contribution in [3.05, 3.63) is 59.3 Å². The first-order valence-corrected chi connectivity index (χ1v) is 23.4. The van der Waals surface area contributed by atoms with E-state index in [9.17, 15) is 19.2 Å². The van der Waals surface area contributed by atoms with Crippen molar-refractivity contribution < 1.29 is 38.1 Å². The SMILES string of the molecule is COC(=O)NC(C(=O)N1CCC[C@H]1c1nc2c([nH]1)CCc1cc(-c3ccc4nc([C@]5(C(=O)C(NC(=O)OC)C6CCOC7(CC7)C6)CCCN5)[nH]c4c3)ccc1-2)C1CCOC2(CC2)C1. The number of aryl methyl sites for hydroxylation is 2. The maximum atomic E-state index is 14.8. The summed E-state index contributed by atoms with van der Waals surface area (Å²) in [6, 6.07) is 11.0. The van der Waals surface area contributed by atoms with Crippen LogP contribution in [0.15, 0.2) is 36.4 Å². The number of nitrogens with zero attached hydrogens (tertiary/aromatic N) is 3. The quantitative estimate of drug-likeness (QED) is 0.127. The van der Waals surface area contributed by atoms with E-state index in [1.807, 2.05) is 11.0 Å². The highest BCUT2D eigenvalue weighted by atomic mass is 16.5. The number of aromatic nitrogens is 4. The van der Waals surface area contributed by atoms with Gasteiger partial charge in [-0.15, -0.1) is 0 Å². The lowest BCUT2D eigenvalue weighted by Crippen LogP contribution is -2.58. The Bertz CT molecular complexity index is 2500. The first-order valence-electron chi connectivity index (χ1n) is 23.4. The monoisotopic (exact) mass is 874 g/mol. The summed E-state index contributed by atoms with van der Waals surface area (Å²) in [7, 11) is 2.66. The summed E-state index contributed by atoms with van der Waals surface area (Å²) in [4.78, 5) is 73.8. The van der Waals surface area contributed by atoms with E-state index < -0.39 is 29.8 Å². The number of nitrogens with one attached hydrogen (secondary N) is 5. The van der Waals surface area contributed by atoms with E-state index in [1.54, 1.807) is 0 Å². The number of amides is 3. The van der Waals surface area contributed by atoms with Gasteiger partial charge >= 0.3 is 12.2 Å². The molecule has 0 bridgehead atoms. The largest absolute Gasteiger partial charge is 0.453 e. The summed E-state index contributed by atoms with van der Waals surface area (Å²) in [6.07, 6.45) is 10.2. The van der Waals surface area contributed by atoms with Crippen LogP contribution in [0.5, 0.6) is 0 Å². The van der Waals surface area contributed by atoms with Gasteiger partial charge in [0.05, 0.1) is 54.2 Å². The number of aromatic amines is 2. The third-order valence-electron chi connectivity index (χ3n) is 15.5. The second-order valence-electron chi connectivity index (χ2n) is 19.4. The van der Waals surface area contributed by atoms with Gasteiger partial charge in [-0.1, -0.05) is 24.3 Å². The lowest BCUT2D eigenvalue weighted by molar-refractivity contribution is -0.138. The van der Waals surface area contributed by atoms with E-state index in [0.29, 0.717) is 51.4 Å². The number of fused-ring (bicyclic) bond motifs is 4. The number of methoxy groups -OCH3 is 2. The minimum Gasteiger partial charge on any atom is -0.453 e. The Labute approximate surface area is 371 Å². The van der Waals surface area contributed by atoms with Gasteiger partial charge in [-0.2, -0.15) is 0 Å². The lowest BCUT2D eigenvalue weighted by Gasteiger charge is -2.38. The molecule has 11 rings (SSSR count). The van der Waals surface area contributed by atoms with Gasteiger partial charge in [-0.3, -0.25) is 14.9 Å². The van der Waals surface area contributed by atoms with Crippen molar-refractivity contribution in [1.82, 2.24) is 40.8 Å². The number of carbonyl (C=O) groups is 4. The van der Waals surface area contributed by atoms with Gasteiger partial charge in [0.15, 0.2) is 5.78 Å². The minimum atomic E-state index is -1.08. The van der Waals surface area contributed by atoms with Crippen LogP contribution in [0.4, 0.5) is 9.59 Å². The number of H-pyrrole nitrogens is 2. The number of rotatable bonds is 10. The van der Waals surface area contributed by atoms with Crippen molar-refractivity contribution in [3.8, 4) is 22.4 Å². The standard InChI is InChI=1S/C48H58N8O8/c1-61-44(59)54-37(30-12-21-63-46(25-30)15-16-46)40(57)48(14-4-19-49-48)43-51-33-10-7-28(24-35(33)52-43)27-6-9-32-29(23-27)8-11-34-39(32)53-41(50-34)36-5-3-20-56(36)42(58)38(55-45(60)62-2)31-13-22-64-47(26-31)17-18-47/h6-7,9-10,23-24,30-31,36-38,49H,3-5,8,11-22,25-26H2,1-2H3,(H,50,53)(H,51,52)(H,54,59)(H,55,60)/t30?,31?,36-,37?,38?,48+/m0/s1. The molecule has 6 fully saturated rings. The maximum absolute atomic E-state index is 14.8. The number of likely N-dealkylation sites (tertiary alicyclic amines) is 1. The first kappa shape index (κ1) is 41.4. The molecule has 16 heteroatoms. The molecule has 4 aromatic rings. The van der Waals surface area contributed by atoms with Gasteiger partial charge in [0.25, 0.3) is 0 Å². The molecule has 2 aromatic carbocycles. The van der Waals surface area contributed by atoms with Crippen LogP contribution in [0.3, 0.4) is 0 Å². The average molecular weight is 875 g/mol. The van der Waals surface area contributed by atoms with Crippen molar-refractivity contribution in [1.29, 1.82) is 0 Å². The summed E-state index contributed by atoms with van der Waals surface area (Å²) in [5.74, 6) is 1.07. The van der Waals surface area contributed by atoms with Crippen LogP contribution in [-0.2, 0) is 46.9 Å². The molecule has 2 saturated carbocycles. The molecule has 2 aromatic heterocycles. The van der Waals surface area contributed by atoms with Crippen molar-refractivity contribution in [3.63, 3.8) is 0 Å². The second kappa shape index (κ2) is 16.0. The maximum Gasteiger partial charge on any atom is 0.407 e. The van der Waals surface area contributed by atoms with Crippen LogP contribution in [-0.4, -0.2) is 113 Å². The fourth-order valence-corrected chi connectivity index (χ4v) is 11.7. The van der Waals surface area contributed by atoms with E-state index in [2.05, 4.69) is 56.3 Å². The van der Waals surface area contributed by atoms with Gasteiger partial charge in [-0.25, -0.2) is 19.6 Å². The number of ketones is 1. The summed E-state index contributed by atoms with van der Waals surface area (Å²) >= 11 is 0. The summed E-state index contributed by atoms with van der Waals surface area (Å²) < 4.78 is 22.1. The number of Topliss-reactive ketones (excluding diaryl/α,β-unsaturated/α-hetero) is 1. The zero-order chi connectivity index (χ0) is 43.8. The number of ether oxygens (including phenoxy) is 4. The highest BCUT2D eigenvalue weighted by Crippen LogP contribution is 2.51. The third kappa shape index (κ3) is 7.34. The van der Waals surface area contributed by atoms with E-state index in [1.165, 1.54) is 19.8 Å². The Morgan fingerprint density at radius 2 is 1.48 bits per heavy atom. The summed E-state index contributed by atoms with van der Waals surface area (Å²) in [6.45, 7) is 2.41. The smallest absolute Gasteiger partial charge is 0.407 e. The Balaban J connectivity index is 0.837. The first-order chi connectivity index (χ1) is 31.1. The van der Waals surface area contributed by atoms with Crippen molar-refractivity contribution in [2.45, 2.75) is 125 Å². The second-order valence-corrected chi connectivity index (χ2v) is 19.4. The van der Waals surface area contributed by atoms with Crippen LogP contribution in [0.2, 0.25) is 0 Å². The number of hydrogen-bond acceptors (Lipinski definition) is 11. The molecule has 6 heterocycles. The predicted octanol–water partition coefficient (Wildman–Crippen LogP) is 5.90. The Kier molecular flexibility index (Phi) is 10.3. The predicted molar refractivity (Wildman–Crippen MR) is 234 cm³/mol. The Hall–Kier alpha value is -5.32. The molecule has 0 radical (unpaired) electrons. The van der Waals surface area contributed by atoms with Crippen molar-refractivity contribution in [2.24, 2.45) is 11.8 Å². The zero-order valence-electron chi connectivity index (χ0n) is 36.7. The molecule has 2 spiro atoms. The minimum absolute atomic E-state index is 0.0251. The molecule has 4 saturated heterocycles. The van der Waals surface area contributed by atoms with E-state index in [-0.39, 0.29) is 40.8 Å². The highest BCUT2D eigenvalue weighted by molar-refractivity contribution is 5.97. The lowest BCUT2D eigenvalue weighted by atomic mass is 9.78. The van der Waals surface area contributed by atoms with Crippen molar-refractivity contribution >= 4 is 34.9 Å². The van der Waals surface area contributed by atoms with Crippen LogP contribution < -0.4 is 16.0 Å². The molecule has 3 amide bonds. The number of carbonyl (C=O) groups excluding carboxylic acids is 4. The molecule has 3 aliphatic carbocycles. The number of imidazole rings is 2. The summed E-state index contributed by atoms with van der Waals surface area (Å²) in [5, 5.41) is 9.36. The van der Waals surface area contributed by atoms with Gasteiger partial charge in [0.2, 0.25) is 5.91 Å². The third-order valence-corrected chi connectivity index (χ3v) is 15.5. The van der Waals surface area contributed by atoms with Gasteiger partial charge < -0.3 is 44.4 Å². The van der Waals surface area contributed by atoms with Crippen molar-refractivity contribution in [2.75, 3.05) is 40.5 Å². The topological polar surface area (TPSA) is 202 Å². The number of hydrogen-bond donors (Lipinski definition) is 5. The van der Waals surface area contributed by atoms with Crippen LogP contribution >= 0.6 is 0 Å². The Morgan fingerprint density at radius 1 is 0.797 bits per heavy atom. The highest BCUT2D eigenvalue weighted by Gasteiger charge is 2.55. The van der Waals surface area contributed by atoms with E-state index in [0.717, 1.165) is 116 Å². The average Bonchev–Trinajstić information content (AvgIpc) is 3.83. The molecule has 7 aliphatic rings. The zero-order valence-corrected chi connectivity index (χ0v) is 36.7. The molecule has 16 nitrogen and oxygen atoms in total. The molecule has 4 unspecified atom stereocenters. The summed E-state index contributed by atoms with van der Waals surface area (Å²) in [5.41, 5.74) is 6.55. The van der Waals surface area contributed by atoms with Crippen LogP contribution in [0.1, 0.15) is 106 Å². The van der Waals surface area contributed by atoms with Gasteiger partial charge in [0, 0.05) is 31.0 Å². The normalized spacial score (nSPS) is 27.1. The van der Waals surface area contributed by atoms with E-state index >= 15 is 0 Å². The number of alkyl carbamates (subject to hydrolysis) is 2. The molecule has 338 valence electrons. The van der Waals surface area contributed by atoms with Crippen LogP contribution in [0, 0.1) is 11.8 Å². The molecule has 6 atom stereocenters. The van der Waals surface area contributed by atoms with E-state index in [4.69, 9.17) is 28.9 Å². The Morgan fingerprint density at radius 3 is 2.17 bits per heavy atom. The molecule has 5 N–H and O–H groups in total. The van der Waals surface area contributed by atoms with Gasteiger partial charge in [-0.05, 0) is 137 Å². The number of benzene rings is 2. The molecular formula is C48H58N8O8. The molecular weight excluding hydrogens is 817 g/mol.